The van der Waals surface area contributed by atoms with Crippen LogP contribution in [0.25, 0.3) is 0 Å². The summed E-state index contributed by atoms with van der Waals surface area (Å²) in [6.45, 7) is -0.145. The third-order valence-electron chi connectivity index (χ3n) is 3.86. The number of amides is 2. The SMILES string of the molecule is COc1cc(CN2C(=O)C=C(Nc3cc(F)c(O)c(F)c3)C2=O)ccc1F. The maximum absolute atomic E-state index is 13.5. The third kappa shape index (κ3) is 3.57. The van der Waals surface area contributed by atoms with E-state index in [9.17, 15) is 22.8 Å². The van der Waals surface area contributed by atoms with Gasteiger partial charge in [0.25, 0.3) is 11.8 Å². The molecule has 0 aromatic heterocycles. The van der Waals surface area contributed by atoms with Gasteiger partial charge in [0.15, 0.2) is 29.0 Å². The van der Waals surface area contributed by atoms with Gasteiger partial charge < -0.3 is 15.2 Å². The summed E-state index contributed by atoms with van der Waals surface area (Å²) in [5, 5.41) is 11.5. The molecule has 0 saturated carbocycles. The molecule has 1 aliphatic rings. The van der Waals surface area contributed by atoms with Gasteiger partial charge in [-0.2, -0.15) is 0 Å². The highest BCUT2D eigenvalue weighted by Crippen LogP contribution is 2.27. The highest BCUT2D eigenvalue weighted by atomic mass is 19.1. The first kappa shape index (κ1) is 18.3. The minimum absolute atomic E-state index is 0.0343. The second kappa shape index (κ2) is 7.02. The highest BCUT2D eigenvalue weighted by molar-refractivity contribution is 6.17. The molecule has 2 aromatic rings. The van der Waals surface area contributed by atoms with Gasteiger partial charge in [-0.05, 0) is 17.7 Å². The summed E-state index contributed by atoms with van der Waals surface area (Å²) >= 11 is 0. The predicted octanol–water partition coefficient (Wildman–Crippen LogP) is 2.68. The molecule has 1 aliphatic heterocycles. The smallest absolute Gasteiger partial charge is 0.277 e. The molecule has 0 bridgehead atoms. The van der Waals surface area contributed by atoms with Crippen LogP contribution in [0, 0.1) is 17.5 Å². The van der Waals surface area contributed by atoms with E-state index in [0.717, 1.165) is 29.2 Å². The summed E-state index contributed by atoms with van der Waals surface area (Å²) in [6.07, 6.45) is 0.978. The van der Waals surface area contributed by atoms with E-state index in [-0.39, 0.29) is 23.7 Å². The number of nitrogens with zero attached hydrogens (tertiary/aromatic N) is 1. The Labute approximate surface area is 151 Å². The molecule has 9 heteroatoms. The molecule has 27 heavy (non-hydrogen) atoms. The standard InChI is InChI=1S/C18H13F3N2O4/c1-27-15-4-9(2-3-11(15)19)8-23-16(24)7-14(18(23)26)22-10-5-12(20)17(25)13(21)6-10/h2-7,22,25H,8H2,1H3. The lowest BCUT2D eigenvalue weighted by Gasteiger charge is -2.16. The van der Waals surface area contributed by atoms with Crippen molar-refractivity contribution in [1.29, 1.82) is 0 Å². The number of rotatable bonds is 5. The Kier molecular flexibility index (Phi) is 4.76. The van der Waals surface area contributed by atoms with Crippen molar-refractivity contribution < 1.29 is 32.6 Å². The van der Waals surface area contributed by atoms with Gasteiger partial charge in [0.2, 0.25) is 0 Å². The van der Waals surface area contributed by atoms with Crippen LogP contribution in [0.2, 0.25) is 0 Å². The van der Waals surface area contributed by atoms with Crippen LogP contribution < -0.4 is 10.1 Å². The van der Waals surface area contributed by atoms with Gasteiger partial charge in [0.05, 0.1) is 13.7 Å². The van der Waals surface area contributed by atoms with E-state index in [1.807, 2.05) is 0 Å². The van der Waals surface area contributed by atoms with Crippen molar-refractivity contribution in [3.05, 3.63) is 65.1 Å². The summed E-state index contributed by atoms with van der Waals surface area (Å²) in [5.74, 6) is -5.57. The zero-order valence-electron chi connectivity index (χ0n) is 13.9. The van der Waals surface area contributed by atoms with Crippen LogP contribution in [0.4, 0.5) is 18.9 Å². The number of anilines is 1. The zero-order chi connectivity index (χ0) is 19.7. The van der Waals surface area contributed by atoms with Gasteiger partial charge in [-0.3, -0.25) is 14.5 Å². The normalized spacial score (nSPS) is 13.8. The number of carbonyl (C=O) groups is 2. The molecule has 3 rings (SSSR count). The number of hydrogen-bond acceptors (Lipinski definition) is 5. The number of benzene rings is 2. The molecule has 140 valence electrons. The number of aromatic hydroxyl groups is 1. The third-order valence-corrected chi connectivity index (χ3v) is 3.86. The average Bonchev–Trinajstić information content (AvgIpc) is 2.88. The monoisotopic (exact) mass is 378 g/mol. The van der Waals surface area contributed by atoms with Crippen LogP contribution in [0.1, 0.15) is 5.56 Å². The van der Waals surface area contributed by atoms with E-state index in [0.29, 0.717) is 5.56 Å². The minimum atomic E-state index is -1.22. The first-order valence-corrected chi connectivity index (χ1v) is 7.65. The maximum atomic E-state index is 13.5. The van der Waals surface area contributed by atoms with Crippen molar-refractivity contribution in [2.45, 2.75) is 6.54 Å². The van der Waals surface area contributed by atoms with Crippen molar-refractivity contribution in [2.24, 2.45) is 0 Å². The van der Waals surface area contributed by atoms with E-state index < -0.39 is 35.0 Å². The molecule has 0 spiro atoms. The van der Waals surface area contributed by atoms with E-state index in [1.54, 1.807) is 0 Å². The number of carbonyl (C=O) groups excluding carboxylic acids is 2. The van der Waals surface area contributed by atoms with Crippen LogP contribution in [-0.4, -0.2) is 28.9 Å². The second-order valence-electron chi connectivity index (χ2n) is 5.67. The van der Waals surface area contributed by atoms with Crippen LogP contribution in [0.5, 0.6) is 11.5 Å². The minimum Gasteiger partial charge on any atom is -0.503 e. The number of methoxy groups -OCH3 is 1. The maximum Gasteiger partial charge on any atom is 0.277 e. The largest absolute Gasteiger partial charge is 0.503 e. The number of ether oxygens (including phenoxy) is 1. The lowest BCUT2D eigenvalue weighted by molar-refractivity contribution is -0.137. The molecule has 0 aliphatic carbocycles. The highest BCUT2D eigenvalue weighted by Gasteiger charge is 2.31. The molecule has 0 saturated heterocycles. The van der Waals surface area contributed by atoms with Crippen molar-refractivity contribution in [1.82, 2.24) is 4.90 Å². The van der Waals surface area contributed by atoms with Crippen LogP contribution in [0.3, 0.4) is 0 Å². The number of phenolic OH excluding ortho intramolecular Hbond substituents is 1. The molecule has 2 aromatic carbocycles. The number of phenols is 1. The van der Waals surface area contributed by atoms with Gasteiger partial charge in [0.1, 0.15) is 5.70 Å². The fraction of sp³-hybridized carbons (Fsp3) is 0.111. The molecule has 2 amide bonds. The predicted molar refractivity (Wildman–Crippen MR) is 88.2 cm³/mol. The first-order chi connectivity index (χ1) is 12.8. The summed E-state index contributed by atoms with van der Waals surface area (Å²) in [5.41, 5.74) is 0.102. The number of nitrogens with one attached hydrogen (secondary N) is 1. The van der Waals surface area contributed by atoms with E-state index >= 15 is 0 Å². The Morgan fingerprint density at radius 3 is 2.37 bits per heavy atom. The summed E-state index contributed by atoms with van der Waals surface area (Å²) in [6, 6.07) is 5.46. The number of halogens is 3. The van der Waals surface area contributed by atoms with Crippen LogP contribution in [0.15, 0.2) is 42.1 Å². The Balaban J connectivity index is 1.77. The number of hydrogen-bond donors (Lipinski definition) is 2. The summed E-state index contributed by atoms with van der Waals surface area (Å²) in [4.78, 5) is 25.4. The molecule has 6 nitrogen and oxygen atoms in total. The van der Waals surface area contributed by atoms with Gasteiger partial charge in [0, 0.05) is 23.9 Å². The molecule has 0 radical (unpaired) electrons. The topological polar surface area (TPSA) is 78.9 Å². The van der Waals surface area contributed by atoms with E-state index in [1.165, 1.54) is 19.2 Å². The van der Waals surface area contributed by atoms with Gasteiger partial charge in [-0.15, -0.1) is 0 Å². The lowest BCUT2D eigenvalue weighted by atomic mass is 10.2. The number of imide groups is 1. The first-order valence-electron chi connectivity index (χ1n) is 7.65. The molecule has 0 atom stereocenters. The molecular weight excluding hydrogens is 365 g/mol. The lowest BCUT2D eigenvalue weighted by Crippen LogP contribution is -2.31. The molecular formula is C18H13F3N2O4. The molecule has 0 unspecified atom stereocenters. The Hall–Kier alpha value is -3.49. The quantitative estimate of drug-likeness (QED) is 0.618. The van der Waals surface area contributed by atoms with Gasteiger partial charge in [-0.1, -0.05) is 6.07 Å². The van der Waals surface area contributed by atoms with E-state index in [2.05, 4.69) is 5.32 Å². The Bertz CT molecular complexity index is 952. The molecule has 0 fully saturated rings. The fourth-order valence-electron chi connectivity index (χ4n) is 2.53. The summed E-state index contributed by atoms with van der Waals surface area (Å²) < 4.78 is 45.1. The van der Waals surface area contributed by atoms with Gasteiger partial charge in [-0.25, -0.2) is 13.2 Å². The zero-order valence-corrected chi connectivity index (χ0v) is 13.9. The molecule has 1 heterocycles. The van der Waals surface area contributed by atoms with Crippen LogP contribution >= 0.6 is 0 Å². The fourth-order valence-corrected chi connectivity index (χ4v) is 2.53. The molecule has 2 N–H and O–H groups in total. The van der Waals surface area contributed by atoms with Crippen molar-refractivity contribution >= 4 is 17.5 Å². The average molecular weight is 378 g/mol. The van der Waals surface area contributed by atoms with Crippen molar-refractivity contribution in [3.8, 4) is 11.5 Å². The van der Waals surface area contributed by atoms with Gasteiger partial charge >= 0.3 is 0 Å². The Morgan fingerprint density at radius 2 is 1.74 bits per heavy atom. The second-order valence-corrected chi connectivity index (χ2v) is 5.67. The van der Waals surface area contributed by atoms with Crippen LogP contribution in [-0.2, 0) is 16.1 Å². The van der Waals surface area contributed by atoms with Crippen molar-refractivity contribution in [3.63, 3.8) is 0 Å². The van der Waals surface area contributed by atoms with E-state index in [4.69, 9.17) is 9.84 Å². The Morgan fingerprint density at radius 1 is 1.07 bits per heavy atom. The van der Waals surface area contributed by atoms with Crippen molar-refractivity contribution in [2.75, 3.05) is 12.4 Å². The summed E-state index contributed by atoms with van der Waals surface area (Å²) in [7, 11) is 1.29.